The Morgan fingerprint density at radius 2 is 2.60 bits per heavy atom. The molecular formula is C7H6N2O. The second-order valence-corrected chi connectivity index (χ2v) is 1.85. The van der Waals surface area contributed by atoms with Crippen molar-refractivity contribution < 1.29 is 4.79 Å². The molecule has 0 amide bonds. The molecule has 0 aliphatic carbocycles. The molecule has 10 heavy (non-hydrogen) atoms. The van der Waals surface area contributed by atoms with E-state index < -0.39 is 0 Å². The highest BCUT2D eigenvalue weighted by atomic mass is 16.1. The van der Waals surface area contributed by atoms with Crippen LogP contribution in [0.15, 0.2) is 12.3 Å². The minimum atomic E-state index is 0.251. The lowest BCUT2D eigenvalue weighted by molar-refractivity contribution is 0.112. The molecule has 1 rings (SSSR count). The Morgan fingerprint density at radius 3 is 3.20 bits per heavy atom. The fraction of sp³-hybridized carbons (Fsp3) is 0.143. The van der Waals surface area contributed by atoms with E-state index >= 15 is 0 Å². The summed E-state index contributed by atoms with van der Waals surface area (Å²) >= 11 is 0. The van der Waals surface area contributed by atoms with Crippen LogP contribution < -0.4 is 0 Å². The predicted molar refractivity (Wildman–Crippen MR) is 36.5 cm³/mol. The van der Waals surface area contributed by atoms with E-state index in [-0.39, 0.29) is 6.54 Å². The fourth-order valence-corrected chi connectivity index (χ4v) is 0.742. The minimum absolute atomic E-state index is 0.251. The van der Waals surface area contributed by atoms with Gasteiger partial charge in [-0.25, -0.2) is 6.57 Å². The number of nitrogens with zero attached hydrogens (tertiary/aromatic N) is 1. The smallest absolute Gasteiger partial charge is 0.254 e. The van der Waals surface area contributed by atoms with Crippen molar-refractivity contribution >= 4 is 6.29 Å². The number of H-pyrrole nitrogens is 1. The maximum atomic E-state index is 10.2. The van der Waals surface area contributed by atoms with Crippen molar-refractivity contribution in [1.82, 2.24) is 4.98 Å². The highest BCUT2D eigenvalue weighted by Crippen LogP contribution is 2.03. The third-order valence-corrected chi connectivity index (χ3v) is 1.23. The predicted octanol–water partition coefficient (Wildman–Crippen LogP) is 1.25. The number of nitrogens with one attached hydrogen (secondary N) is 1. The highest BCUT2D eigenvalue weighted by Gasteiger charge is 2.02. The number of carbonyl (C=O) groups is 1. The summed E-state index contributed by atoms with van der Waals surface area (Å²) in [5.41, 5.74) is 1.28. The van der Waals surface area contributed by atoms with Crippen LogP contribution >= 0.6 is 0 Å². The van der Waals surface area contributed by atoms with Crippen LogP contribution in [0.5, 0.6) is 0 Å². The molecule has 0 bridgehead atoms. The summed E-state index contributed by atoms with van der Waals surface area (Å²) in [7, 11) is 0. The average molecular weight is 134 g/mol. The van der Waals surface area contributed by atoms with Crippen LogP contribution in [0.2, 0.25) is 0 Å². The first-order valence-corrected chi connectivity index (χ1v) is 2.83. The van der Waals surface area contributed by atoms with Gasteiger partial charge in [0, 0.05) is 11.8 Å². The van der Waals surface area contributed by atoms with Gasteiger partial charge in [0.05, 0.1) is 0 Å². The van der Waals surface area contributed by atoms with E-state index in [1.165, 1.54) is 0 Å². The summed E-state index contributed by atoms with van der Waals surface area (Å²) in [5, 5.41) is 0. The number of hydrogen-bond donors (Lipinski definition) is 1. The van der Waals surface area contributed by atoms with E-state index in [2.05, 4.69) is 9.83 Å². The highest BCUT2D eigenvalue weighted by molar-refractivity contribution is 5.76. The molecule has 0 aliphatic heterocycles. The molecule has 0 aliphatic rings. The normalized spacial score (nSPS) is 8.70. The van der Waals surface area contributed by atoms with Crippen molar-refractivity contribution in [3.63, 3.8) is 0 Å². The molecule has 3 nitrogen and oxygen atoms in total. The van der Waals surface area contributed by atoms with Crippen molar-refractivity contribution in [2.75, 3.05) is 0 Å². The quantitative estimate of drug-likeness (QED) is 0.479. The van der Waals surface area contributed by atoms with Crippen molar-refractivity contribution in [2.45, 2.75) is 6.54 Å². The lowest BCUT2D eigenvalue weighted by Gasteiger charge is -1.84. The van der Waals surface area contributed by atoms with E-state index in [4.69, 9.17) is 6.57 Å². The first-order valence-electron chi connectivity index (χ1n) is 2.83. The van der Waals surface area contributed by atoms with Gasteiger partial charge in [0.15, 0.2) is 6.29 Å². The Hall–Kier alpha value is -1.56. The largest absolute Gasteiger partial charge is 0.358 e. The van der Waals surface area contributed by atoms with Gasteiger partial charge in [-0.2, -0.15) is 0 Å². The first-order chi connectivity index (χ1) is 4.88. The molecule has 0 radical (unpaired) electrons. The first kappa shape index (κ1) is 6.56. The molecule has 0 spiro atoms. The summed E-state index contributed by atoms with van der Waals surface area (Å²) in [6.45, 7) is 6.79. The summed E-state index contributed by atoms with van der Waals surface area (Å²) in [5.74, 6) is 0. The van der Waals surface area contributed by atoms with Gasteiger partial charge in [-0.3, -0.25) is 4.79 Å². The summed E-state index contributed by atoms with van der Waals surface area (Å²) < 4.78 is 0. The van der Waals surface area contributed by atoms with E-state index in [9.17, 15) is 4.79 Å². The van der Waals surface area contributed by atoms with E-state index in [0.29, 0.717) is 11.3 Å². The van der Waals surface area contributed by atoms with Gasteiger partial charge in [-0.1, -0.05) is 0 Å². The molecular weight excluding hydrogens is 128 g/mol. The van der Waals surface area contributed by atoms with Gasteiger partial charge in [0.1, 0.15) is 5.69 Å². The van der Waals surface area contributed by atoms with Crippen LogP contribution in [0.1, 0.15) is 16.1 Å². The van der Waals surface area contributed by atoms with E-state index in [0.717, 1.165) is 6.29 Å². The van der Waals surface area contributed by atoms with Crippen LogP contribution in [0.4, 0.5) is 0 Å². The Balaban J connectivity index is 2.92. The minimum Gasteiger partial charge on any atom is -0.358 e. The van der Waals surface area contributed by atoms with Crippen LogP contribution in [0, 0.1) is 6.57 Å². The maximum Gasteiger partial charge on any atom is 0.254 e. The number of aromatic nitrogens is 1. The maximum absolute atomic E-state index is 10.2. The standard InChI is InChI=1S/C7H6N2O/c1-8-4-7-6(5-10)2-3-9-7/h2-3,5,9H,4H2. The van der Waals surface area contributed by atoms with Crippen molar-refractivity contribution in [3.8, 4) is 0 Å². The van der Waals surface area contributed by atoms with Gasteiger partial charge in [0.2, 0.25) is 0 Å². The Morgan fingerprint density at radius 1 is 1.80 bits per heavy atom. The zero-order chi connectivity index (χ0) is 7.40. The van der Waals surface area contributed by atoms with Gasteiger partial charge in [0.25, 0.3) is 6.54 Å². The molecule has 0 fully saturated rings. The van der Waals surface area contributed by atoms with Crippen LogP contribution in [-0.4, -0.2) is 11.3 Å². The molecule has 0 unspecified atom stereocenters. The van der Waals surface area contributed by atoms with Gasteiger partial charge < -0.3 is 9.83 Å². The Labute approximate surface area is 58.5 Å². The zero-order valence-corrected chi connectivity index (χ0v) is 5.29. The van der Waals surface area contributed by atoms with Gasteiger partial charge >= 0.3 is 0 Å². The molecule has 0 saturated carbocycles. The summed E-state index contributed by atoms with van der Waals surface area (Å²) in [6, 6.07) is 1.66. The monoisotopic (exact) mass is 134 g/mol. The third-order valence-electron chi connectivity index (χ3n) is 1.23. The number of rotatable bonds is 2. The summed E-state index contributed by atoms with van der Waals surface area (Å²) in [4.78, 5) is 16.2. The lowest BCUT2D eigenvalue weighted by Crippen LogP contribution is -1.85. The third kappa shape index (κ3) is 1.06. The van der Waals surface area contributed by atoms with E-state index in [1.54, 1.807) is 12.3 Å². The van der Waals surface area contributed by atoms with Gasteiger partial charge in [-0.15, -0.1) is 0 Å². The average Bonchev–Trinajstić information content (AvgIpc) is 2.36. The molecule has 0 aromatic carbocycles. The number of hydrogen-bond acceptors (Lipinski definition) is 1. The number of carbonyl (C=O) groups excluding carboxylic acids is 1. The topological polar surface area (TPSA) is 37.2 Å². The van der Waals surface area contributed by atoms with Crippen LogP contribution in [0.3, 0.4) is 0 Å². The second-order valence-electron chi connectivity index (χ2n) is 1.85. The Bertz CT molecular complexity index is 269. The number of aromatic amines is 1. The van der Waals surface area contributed by atoms with Crippen molar-refractivity contribution in [3.05, 3.63) is 34.9 Å². The van der Waals surface area contributed by atoms with Crippen LogP contribution in [-0.2, 0) is 6.54 Å². The molecule has 3 heteroatoms. The zero-order valence-electron chi connectivity index (χ0n) is 5.29. The van der Waals surface area contributed by atoms with Crippen LogP contribution in [0.25, 0.3) is 4.85 Å². The van der Waals surface area contributed by atoms with Crippen molar-refractivity contribution in [2.24, 2.45) is 0 Å². The molecule has 1 N–H and O–H groups in total. The van der Waals surface area contributed by atoms with Crippen molar-refractivity contribution in [1.29, 1.82) is 0 Å². The molecule has 0 atom stereocenters. The molecule has 1 aromatic heterocycles. The molecule has 50 valence electrons. The fourth-order valence-electron chi connectivity index (χ4n) is 0.742. The van der Waals surface area contributed by atoms with Gasteiger partial charge in [-0.05, 0) is 6.07 Å². The summed E-state index contributed by atoms with van der Waals surface area (Å²) in [6.07, 6.45) is 2.40. The lowest BCUT2D eigenvalue weighted by atomic mass is 10.3. The SMILES string of the molecule is [C-]#[N+]Cc1[nH]ccc1C=O. The Kier molecular flexibility index (Phi) is 1.86. The second kappa shape index (κ2) is 2.83. The molecule has 1 heterocycles. The molecule has 1 aromatic rings. The molecule has 0 saturated heterocycles. The van der Waals surface area contributed by atoms with E-state index in [1.807, 2.05) is 0 Å². The number of aldehydes is 1.